The second-order valence-corrected chi connectivity index (χ2v) is 3.83. The summed E-state index contributed by atoms with van der Waals surface area (Å²) in [6.07, 6.45) is 5.18. The standard InChI is InChI=1S/C11H12N4O3/c1-7(16)12-3-2-8-4-13-10-9(11(17)18)5-14-15(10)6-8/h4-6H,2-3H2,1H3,(H,12,16)(H,17,18). The summed E-state index contributed by atoms with van der Waals surface area (Å²) in [4.78, 5) is 25.6. The molecule has 94 valence electrons. The van der Waals surface area contributed by atoms with Crippen molar-refractivity contribution in [2.24, 2.45) is 0 Å². The minimum atomic E-state index is -1.05. The zero-order valence-corrected chi connectivity index (χ0v) is 9.75. The molecule has 0 saturated heterocycles. The van der Waals surface area contributed by atoms with Crippen LogP contribution in [0.1, 0.15) is 22.8 Å². The molecule has 0 radical (unpaired) electrons. The Kier molecular flexibility index (Phi) is 3.22. The van der Waals surface area contributed by atoms with Crippen molar-refractivity contribution >= 4 is 17.5 Å². The maximum atomic E-state index is 10.9. The summed E-state index contributed by atoms with van der Waals surface area (Å²) in [5, 5.41) is 15.5. The number of carboxylic acids is 1. The van der Waals surface area contributed by atoms with Gasteiger partial charge in [0.05, 0.1) is 6.20 Å². The van der Waals surface area contributed by atoms with Crippen LogP contribution in [0.15, 0.2) is 18.6 Å². The Hall–Kier alpha value is -2.44. The number of nitrogens with one attached hydrogen (secondary N) is 1. The summed E-state index contributed by atoms with van der Waals surface area (Å²) in [5.74, 6) is -1.14. The molecule has 0 unspecified atom stereocenters. The van der Waals surface area contributed by atoms with Crippen LogP contribution in [-0.2, 0) is 11.2 Å². The first kappa shape index (κ1) is 12.0. The molecule has 0 atom stereocenters. The van der Waals surface area contributed by atoms with E-state index >= 15 is 0 Å². The van der Waals surface area contributed by atoms with Crippen LogP contribution in [0.25, 0.3) is 5.65 Å². The van der Waals surface area contributed by atoms with E-state index in [2.05, 4.69) is 15.4 Å². The molecule has 0 aliphatic carbocycles. The molecule has 2 aromatic rings. The fourth-order valence-corrected chi connectivity index (χ4v) is 1.58. The number of aromatic nitrogens is 3. The van der Waals surface area contributed by atoms with E-state index < -0.39 is 5.97 Å². The molecule has 2 rings (SSSR count). The molecule has 18 heavy (non-hydrogen) atoms. The molecule has 2 aromatic heterocycles. The maximum absolute atomic E-state index is 10.9. The first-order valence-corrected chi connectivity index (χ1v) is 5.38. The summed E-state index contributed by atoms with van der Waals surface area (Å²) in [6.45, 7) is 1.96. The van der Waals surface area contributed by atoms with Gasteiger partial charge in [-0.05, 0) is 12.0 Å². The van der Waals surface area contributed by atoms with Gasteiger partial charge in [0.1, 0.15) is 5.56 Å². The lowest BCUT2D eigenvalue weighted by Crippen LogP contribution is -2.22. The second-order valence-electron chi connectivity index (χ2n) is 3.83. The number of nitrogens with zero attached hydrogens (tertiary/aromatic N) is 3. The van der Waals surface area contributed by atoms with Crippen LogP contribution in [0.2, 0.25) is 0 Å². The van der Waals surface area contributed by atoms with Crippen molar-refractivity contribution in [3.05, 3.63) is 29.7 Å². The van der Waals surface area contributed by atoms with Crippen molar-refractivity contribution in [3.63, 3.8) is 0 Å². The third kappa shape index (κ3) is 2.45. The lowest BCUT2D eigenvalue weighted by molar-refractivity contribution is -0.118. The molecule has 0 spiro atoms. The first-order chi connectivity index (χ1) is 8.58. The van der Waals surface area contributed by atoms with Gasteiger partial charge in [-0.2, -0.15) is 5.10 Å². The highest BCUT2D eigenvalue weighted by Gasteiger charge is 2.12. The number of carboxylic acid groups (broad SMARTS) is 1. The molecule has 7 heteroatoms. The summed E-state index contributed by atoms with van der Waals surface area (Å²) in [6, 6.07) is 0. The second kappa shape index (κ2) is 4.82. The lowest BCUT2D eigenvalue weighted by atomic mass is 10.2. The number of carbonyl (C=O) groups is 2. The van der Waals surface area contributed by atoms with Crippen LogP contribution in [0, 0.1) is 0 Å². The predicted molar refractivity (Wildman–Crippen MR) is 62.3 cm³/mol. The Bertz CT molecular complexity index is 605. The first-order valence-electron chi connectivity index (χ1n) is 5.38. The Morgan fingerprint density at radius 1 is 1.44 bits per heavy atom. The number of hydrogen-bond acceptors (Lipinski definition) is 4. The highest BCUT2D eigenvalue weighted by Crippen LogP contribution is 2.08. The number of rotatable bonds is 4. The van der Waals surface area contributed by atoms with Crippen LogP contribution in [0.4, 0.5) is 0 Å². The number of fused-ring (bicyclic) bond motifs is 1. The van der Waals surface area contributed by atoms with Gasteiger partial charge in [-0.25, -0.2) is 14.3 Å². The summed E-state index contributed by atoms with van der Waals surface area (Å²) in [5.41, 5.74) is 1.26. The van der Waals surface area contributed by atoms with Crippen LogP contribution < -0.4 is 5.32 Å². The molecule has 2 heterocycles. The van der Waals surface area contributed by atoms with E-state index in [1.165, 1.54) is 17.6 Å². The predicted octanol–water partition coefficient (Wildman–Crippen LogP) is 0.106. The molecule has 0 saturated carbocycles. The smallest absolute Gasteiger partial charge is 0.341 e. The van der Waals surface area contributed by atoms with Gasteiger partial charge in [0.25, 0.3) is 0 Å². The molecule has 1 amide bonds. The van der Waals surface area contributed by atoms with E-state index in [9.17, 15) is 9.59 Å². The van der Waals surface area contributed by atoms with E-state index in [1.54, 1.807) is 12.4 Å². The molecular formula is C11H12N4O3. The minimum Gasteiger partial charge on any atom is -0.477 e. The molecule has 0 bridgehead atoms. The fourth-order valence-electron chi connectivity index (χ4n) is 1.58. The number of amides is 1. The van der Waals surface area contributed by atoms with Crippen molar-refractivity contribution in [3.8, 4) is 0 Å². The number of hydrogen-bond donors (Lipinski definition) is 2. The van der Waals surface area contributed by atoms with Crippen LogP contribution in [-0.4, -0.2) is 38.1 Å². The van der Waals surface area contributed by atoms with Crippen molar-refractivity contribution in [1.29, 1.82) is 0 Å². The van der Waals surface area contributed by atoms with Crippen LogP contribution in [0.3, 0.4) is 0 Å². The number of aromatic carboxylic acids is 1. The van der Waals surface area contributed by atoms with Gasteiger partial charge in [0.2, 0.25) is 5.91 Å². The third-order valence-electron chi connectivity index (χ3n) is 2.43. The largest absolute Gasteiger partial charge is 0.477 e. The average Bonchev–Trinajstić information content (AvgIpc) is 2.71. The molecule has 0 fully saturated rings. The van der Waals surface area contributed by atoms with E-state index in [1.807, 2.05) is 0 Å². The lowest BCUT2D eigenvalue weighted by Gasteiger charge is -2.02. The highest BCUT2D eigenvalue weighted by molar-refractivity contribution is 5.93. The van der Waals surface area contributed by atoms with Crippen molar-refractivity contribution < 1.29 is 14.7 Å². The molecular weight excluding hydrogens is 236 g/mol. The van der Waals surface area contributed by atoms with Crippen LogP contribution in [0.5, 0.6) is 0 Å². The van der Waals surface area contributed by atoms with E-state index in [0.29, 0.717) is 18.6 Å². The van der Waals surface area contributed by atoms with E-state index in [4.69, 9.17) is 5.11 Å². The van der Waals surface area contributed by atoms with Crippen molar-refractivity contribution in [1.82, 2.24) is 19.9 Å². The normalized spacial score (nSPS) is 10.5. The Labute approximate surface area is 102 Å². The summed E-state index contributed by atoms with van der Waals surface area (Å²) in [7, 11) is 0. The van der Waals surface area contributed by atoms with E-state index in [-0.39, 0.29) is 11.5 Å². The summed E-state index contributed by atoms with van der Waals surface area (Å²) < 4.78 is 1.42. The molecule has 7 nitrogen and oxygen atoms in total. The minimum absolute atomic E-state index is 0.0726. The Balaban J connectivity index is 2.18. The van der Waals surface area contributed by atoms with Crippen molar-refractivity contribution in [2.45, 2.75) is 13.3 Å². The Morgan fingerprint density at radius 2 is 2.22 bits per heavy atom. The maximum Gasteiger partial charge on any atom is 0.341 e. The van der Waals surface area contributed by atoms with Gasteiger partial charge >= 0.3 is 5.97 Å². The SMILES string of the molecule is CC(=O)NCCc1cnc2c(C(=O)O)cnn2c1. The van der Waals surface area contributed by atoms with Crippen LogP contribution >= 0.6 is 0 Å². The van der Waals surface area contributed by atoms with E-state index in [0.717, 1.165) is 5.56 Å². The molecule has 0 aromatic carbocycles. The molecule has 2 N–H and O–H groups in total. The number of carbonyl (C=O) groups excluding carboxylic acids is 1. The zero-order chi connectivity index (χ0) is 13.1. The zero-order valence-electron chi connectivity index (χ0n) is 9.75. The molecule has 0 aliphatic rings. The van der Waals surface area contributed by atoms with Gasteiger partial charge in [0, 0.05) is 25.9 Å². The van der Waals surface area contributed by atoms with Gasteiger partial charge in [-0.1, -0.05) is 0 Å². The third-order valence-corrected chi connectivity index (χ3v) is 2.43. The van der Waals surface area contributed by atoms with Gasteiger partial charge in [0.15, 0.2) is 5.65 Å². The topological polar surface area (TPSA) is 96.6 Å². The summed E-state index contributed by atoms with van der Waals surface area (Å²) >= 11 is 0. The molecule has 0 aliphatic heterocycles. The highest BCUT2D eigenvalue weighted by atomic mass is 16.4. The van der Waals surface area contributed by atoms with Gasteiger partial charge in [-0.3, -0.25) is 4.79 Å². The Morgan fingerprint density at radius 3 is 2.89 bits per heavy atom. The quantitative estimate of drug-likeness (QED) is 0.800. The van der Waals surface area contributed by atoms with Gasteiger partial charge < -0.3 is 10.4 Å². The average molecular weight is 248 g/mol. The monoisotopic (exact) mass is 248 g/mol. The van der Waals surface area contributed by atoms with Crippen molar-refractivity contribution in [2.75, 3.05) is 6.54 Å². The fraction of sp³-hybridized carbons (Fsp3) is 0.273. The van der Waals surface area contributed by atoms with Gasteiger partial charge in [-0.15, -0.1) is 0 Å².